The van der Waals surface area contributed by atoms with E-state index in [0.717, 1.165) is 17.8 Å². The molecule has 0 aliphatic heterocycles. The Balaban J connectivity index is 1.33. The van der Waals surface area contributed by atoms with Gasteiger partial charge >= 0.3 is 0 Å². The average molecular weight is 414 g/mol. The fourth-order valence-corrected chi connectivity index (χ4v) is 3.55. The van der Waals surface area contributed by atoms with E-state index < -0.39 is 5.82 Å². The predicted octanol–water partition coefficient (Wildman–Crippen LogP) is 3.63. The van der Waals surface area contributed by atoms with Crippen LogP contribution in [0.25, 0.3) is 11.2 Å². The molecule has 26 heavy (non-hydrogen) atoms. The Morgan fingerprint density at radius 3 is 3.04 bits per heavy atom. The van der Waals surface area contributed by atoms with Crippen LogP contribution in [-0.4, -0.2) is 24.9 Å². The van der Waals surface area contributed by atoms with Gasteiger partial charge in [-0.25, -0.2) is 13.9 Å². The Bertz CT molecular complexity index is 1100. The van der Waals surface area contributed by atoms with Crippen molar-refractivity contribution in [1.29, 1.82) is 0 Å². The standard InChI is InChI=1S/C18H13BrFN5O/c19-13-5-10-6-16(23-25(10)8-14(13)20)22-18(26)12-7-11(12)15-9-24-4-2-1-3-17(24)21-15/h1-6,8-9,11-12H,7H2,(H,22,23,26)/t11-,12+/m0/s1. The Morgan fingerprint density at radius 1 is 1.31 bits per heavy atom. The Hall–Kier alpha value is -2.74. The lowest BCUT2D eigenvalue weighted by molar-refractivity contribution is -0.117. The van der Waals surface area contributed by atoms with E-state index in [1.54, 1.807) is 12.1 Å². The summed E-state index contributed by atoms with van der Waals surface area (Å²) in [7, 11) is 0. The maximum Gasteiger partial charge on any atom is 0.229 e. The number of anilines is 1. The molecule has 0 unspecified atom stereocenters. The molecule has 0 saturated heterocycles. The molecule has 1 saturated carbocycles. The molecule has 1 fully saturated rings. The molecule has 5 rings (SSSR count). The Kier molecular flexibility index (Phi) is 3.36. The summed E-state index contributed by atoms with van der Waals surface area (Å²) in [4.78, 5) is 17.1. The van der Waals surface area contributed by atoms with Crippen LogP contribution >= 0.6 is 15.9 Å². The van der Waals surface area contributed by atoms with Crippen molar-refractivity contribution in [3.8, 4) is 0 Å². The van der Waals surface area contributed by atoms with Gasteiger partial charge < -0.3 is 9.72 Å². The number of carbonyl (C=O) groups is 1. The minimum atomic E-state index is -0.410. The second-order valence-electron chi connectivity index (χ2n) is 6.44. The summed E-state index contributed by atoms with van der Waals surface area (Å²) in [6.45, 7) is 0. The van der Waals surface area contributed by atoms with Crippen LogP contribution in [0.15, 0.2) is 53.4 Å². The Labute approximate surface area is 155 Å². The minimum Gasteiger partial charge on any atom is -0.309 e. The van der Waals surface area contributed by atoms with Crippen molar-refractivity contribution in [2.24, 2.45) is 5.92 Å². The van der Waals surface area contributed by atoms with E-state index in [0.29, 0.717) is 15.8 Å². The van der Waals surface area contributed by atoms with Gasteiger partial charge in [-0.15, -0.1) is 5.10 Å². The van der Waals surface area contributed by atoms with E-state index in [-0.39, 0.29) is 17.7 Å². The van der Waals surface area contributed by atoms with Crippen molar-refractivity contribution < 1.29 is 9.18 Å². The van der Waals surface area contributed by atoms with Crippen LogP contribution in [0.2, 0.25) is 0 Å². The first kappa shape index (κ1) is 15.5. The average Bonchev–Trinajstić information content (AvgIpc) is 3.16. The summed E-state index contributed by atoms with van der Waals surface area (Å²) in [6.07, 6.45) is 5.95. The second-order valence-corrected chi connectivity index (χ2v) is 7.29. The number of aromatic nitrogens is 4. The highest BCUT2D eigenvalue weighted by Gasteiger charge is 2.45. The third kappa shape index (κ3) is 2.57. The summed E-state index contributed by atoms with van der Waals surface area (Å²) in [5.41, 5.74) is 2.50. The summed E-state index contributed by atoms with van der Waals surface area (Å²) in [6, 6.07) is 9.15. The molecule has 1 aliphatic rings. The van der Waals surface area contributed by atoms with E-state index in [1.165, 1.54) is 10.7 Å². The van der Waals surface area contributed by atoms with Crippen LogP contribution in [0.4, 0.5) is 10.2 Å². The molecule has 8 heteroatoms. The molecule has 0 radical (unpaired) electrons. The lowest BCUT2D eigenvalue weighted by Crippen LogP contribution is -2.15. The zero-order valence-electron chi connectivity index (χ0n) is 13.4. The van der Waals surface area contributed by atoms with Crippen LogP contribution in [0.3, 0.4) is 0 Å². The molecule has 0 aromatic carbocycles. The summed E-state index contributed by atoms with van der Waals surface area (Å²) in [5.74, 6) is -0.0811. The normalized spacial score (nSPS) is 19.2. The molecule has 1 amide bonds. The summed E-state index contributed by atoms with van der Waals surface area (Å²) < 4.78 is 17.3. The topological polar surface area (TPSA) is 63.7 Å². The predicted molar refractivity (Wildman–Crippen MR) is 97.5 cm³/mol. The van der Waals surface area contributed by atoms with E-state index in [9.17, 15) is 9.18 Å². The molecule has 130 valence electrons. The van der Waals surface area contributed by atoms with Gasteiger partial charge in [-0.2, -0.15) is 0 Å². The molecular formula is C18H13BrFN5O. The maximum atomic E-state index is 13.6. The number of halogens is 2. The first-order valence-electron chi connectivity index (χ1n) is 8.17. The first-order chi connectivity index (χ1) is 12.6. The molecule has 4 aromatic rings. The number of imidazole rings is 1. The number of fused-ring (bicyclic) bond motifs is 2. The number of carbonyl (C=O) groups excluding carboxylic acids is 1. The third-order valence-corrected chi connectivity index (χ3v) is 5.25. The van der Waals surface area contributed by atoms with Crippen molar-refractivity contribution in [2.45, 2.75) is 12.3 Å². The highest BCUT2D eigenvalue weighted by atomic mass is 79.9. The number of nitrogens with one attached hydrogen (secondary N) is 1. The monoisotopic (exact) mass is 413 g/mol. The molecule has 4 aromatic heterocycles. The highest BCUT2D eigenvalue weighted by molar-refractivity contribution is 9.10. The third-order valence-electron chi connectivity index (χ3n) is 4.64. The molecular weight excluding hydrogens is 401 g/mol. The van der Waals surface area contributed by atoms with Crippen LogP contribution in [0.5, 0.6) is 0 Å². The second kappa shape index (κ2) is 5.63. The first-order valence-corrected chi connectivity index (χ1v) is 8.97. The number of nitrogens with zero attached hydrogens (tertiary/aromatic N) is 4. The molecule has 0 bridgehead atoms. The van der Waals surface area contributed by atoms with Gasteiger partial charge in [0.15, 0.2) is 11.6 Å². The largest absolute Gasteiger partial charge is 0.309 e. The molecule has 1 aliphatic carbocycles. The molecule has 0 spiro atoms. The fraction of sp³-hybridized carbons (Fsp3) is 0.167. The lowest BCUT2D eigenvalue weighted by Gasteiger charge is -1.99. The van der Waals surface area contributed by atoms with E-state index in [2.05, 4.69) is 31.3 Å². The van der Waals surface area contributed by atoms with Crippen LogP contribution in [0.1, 0.15) is 18.0 Å². The van der Waals surface area contributed by atoms with Crippen molar-refractivity contribution in [2.75, 3.05) is 5.32 Å². The molecule has 1 N–H and O–H groups in total. The Morgan fingerprint density at radius 2 is 2.19 bits per heavy atom. The quantitative estimate of drug-likeness (QED) is 0.557. The van der Waals surface area contributed by atoms with Gasteiger partial charge in [-0.3, -0.25) is 4.79 Å². The van der Waals surface area contributed by atoms with Gasteiger partial charge in [0.2, 0.25) is 5.91 Å². The SMILES string of the molecule is O=C(Nc1cc2cc(Br)c(F)cn2n1)[C@@H]1C[C@@H]1c1cn2ccccc2n1. The van der Waals surface area contributed by atoms with Crippen LogP contribution < -0.4 is 5.32 Å². The number of hydrogen-bond donors (Lipinski definition) is 1. The fourth-order valence-electron chi connectivity index (χ4n) is 3.21. The van der Waals surface area contributed by atoms with E-state index in [4.69, 9.17) is 0 Å². The van der Waals surface area contributed by atoms with Crippen molar-refractivity contribution >= 4 is 38.8 Å². The zero-order valence-corrected chi connectivity index (χ0v) is 15.0. The van der Waals surface area contributed by atoms with E-state index >= 15 is 0 Å². The van der Waals surface area contributed by atoms with Gasteiger partial charge in [0, 0.05) is 30.3 Å². The molecule has 2 atom stereocenters. The number of amides is 1. The summed E-state index contributed by atoms with van der Waals surface area (Å²) in [5, 5.41) is 7.02. The highest BCUT2D eigenvalue weighted by Crippen LogP contribution is 2.47. The summed E-state index contributed by atoms with van der Waals surface area (Å²) >= 11 is 3.15. The maximum absolute atomic E-state index is 13.6. The molecule has 4 heterocycles. The number of hydrogen-bond acceptors (Lipinski definition) is 3. The van der Waals surface area contributed by atoms with Gasteiger partial charge in [0.05, 0.1) is 21.9 Å². The van der Waals surface area contributed by atoms with Crippen molar-refractivity contribution in [3.63, 3.8) is 0 Å². The molecule has 6 nitrogen and oxygen atoms in total. The van der Waals surface area contributed by atoms with Gasteiger partial charge in [-0.1, -0.05) is 6.07 Å². The van der Waals surface area contributed by atoms with Gasteiger partial charge in [0.25, 0.3) is 0 Å². The van der Waals surface area contributed by atoms with E-state index in [1.807, 2.05) is 35.0 Å². The smallest absolute Gasteiger partial charge is 0.229 e. The number of rotatable bonds is 3. The van der Waals surface area contributed by atoms with Gasteiger partial charge in [0.1, 0.15) is 5.65 Å². The lowest BCUT2D eigenvalue weighted by atomic mass is 10.2. The van der Waals surface area contributed by atoms with Gasteiger partial charge in [-0.05, 0) is 40.5 Å². The minimum absolute atomic E-state index is 0.0880. The number of pyridine rings is 2. The van der Waals surface area contributed by atoms with Crippen LogP contribution in [0, 0.1) is 11.7 Å². The van der Waals surface area contributed by atoms with Crippen molar-refractivity contribution in [1.82, 2.24) is 19.0 Å². The van der Waals surface area contributed by atoms with Crippen molar-refractivity contribution in [3.05, 3.63) is 64.9 Å². The zero-order chi connectivity index (χ0) is 17.8. The van der Waals surface area contributed by atoms with Crippen LogP contribution in [-0.2, 0) is 4.79 Å².